The van der Waals surface area contributed by atoms with Crippen LogP contribution in [0.15, 0.2) is 30.5 Å². The van der Waals surface area contributed by atoms with Crippen LogP contribution in [0.1, 0.15) is 37.6 Å². The Morgan fingerprint density at radius 2 is 1.96 bits per heavy atom. The van der Waals surface area contributed by atoms with Crippen LogP contribution in [0.5, 0.6) is 5.75 Å². The van der Waals surface area contributed by atoms with Gasteiger partial charge in [-0.15, -0.1) is 11.3 Å². The molecule has 1 aromatic heterocycles. The number of benzene rings is 1. The highest BCUT2D eigenvalue weighted by molar-refractivity contribution is 7.15. The Morgan fingerprint density at radius 3 is 2.44 bits per heavy atom. The number of carbonyl (C=O) groups is 1. The fourth-order valence-electron chi connectivity index (χ4n) is 2.59. The summed E-state index contributed by atoms with van der Waals surface area (Å²) >= 11 is 7.36. The molecule has 0 aliphatic heterocycles. The molecule has 0 fully saturated rings. The SMILES string of the molecule is COc1ccc(CN(Cc2cnc(Cl)s2)C(CC([NH])=O)OC(C)(C)C)cc1. The van der Waals surface area contributed by atoms with Gasteiger partial charge in [-0.05, 0) is 38.5 Å². The summed E-state index contributed by atoms with van der Waals surface area (Å²) in [4.78, 5) is 18.6. The van der Waals surface area contributed by atoms with Crippen LogP contribution in [0, 0.1) is 0 Å². The second kappa shape index (κ2) is 9.50. The number of ether oxygens (including phenoxy) is 2. The molecule has 1 radical (unpaired) electrons. The summed E-state index contributed by atoms with van der Waals surface area (Å²) in [5.74, 6) is 0.120. The first kappa shape index (κ1) is 21.6. The topological polar surface area (TPSA) is 75.5 Å². The summed E-state index contributed by atoms with van der Waals surface area (Å²) in [5.41, 5.74) is 8.03. The van der Waals surface area contributed by atoms with E-state index in [0.717, 1.165) is 16.2 Å². The fourth-order valence-corrected chi connectivity index (χ4v) is 3.60. The minimum atomic E-state index is -0.661. The molecule has 0 aliphatic carbocycles. The predicted molar refractivity (Wildman–Crippen MR) is 107 cm³/mol. The number of nitrogens with zero attached hydrogens (tertiary/aromatic N) is 2. The number of nitrogens with one attached hydrogen (secondary N) is 1. The van der Waals surface area contributed by atoms with Crippen molar-refractivity contribution in [2.45, 2.75) is 52.1 Å². The highest BCUT2D eigenvalue weighted by atomic mass is 35.5. The van der Waals surface area contributed by atoms with E-state index in [4.69, 9.17) is 26.8 Å². The van der Waals surface area contributed by atoms with Crippen molar-refractivity contribution in [2.24, 2.45) is 0 Å². The third kappa shape index (κ3) is 7.46. The molecule has 1 aromatic carbocycles. The van der Waals surface area contributed by atoms with Crippen molar-refractivity contribution < 1.29 is 14.3 Å². The molecule has 2 aromatic rings. The molecule has 0 bridgehead atoms. The molecule has 147 valence electrons. The maximum Gasteiger partial charge on any atom is 0.242 e. The van der Waals surface area contributed by atoms with E-state index in [1.165, 1.54) is 11.3 Å². The summed E-state index contributed by atoms with van der Waals surface area (Å²) < 4.78 is 11.8. The van der Waals surface area contributed by atoms with Crippen molar-refractivity contribution in [1.29, 1.82) is 0 Å². The zero-order valence-electron chi connectivity index (χ0n) is 16.0. The van der Waals surface area contributed by atoms with Gasteiger partial charge in [0.05, 0.1) is 19.1 Å². The Bertz CT molecular complexity index is 743. The van der Waals surface area contributed by atoms with Crippen LogP contribution in [0.4, 0.5) is 0 Å². The number of hydrogen-bond acceptors (Lipinski definition) is 6. The standard InChI is InChI=1S/C19H25ClN3O3S/c1-19(2,3)26-17(9-16(21)24)23(12-15-10-22-18(20)27-15)11-13-5-7-14(25-4)8-6-13/h5-8,10,17,21H,9,11-12H2,1-4H3. The monoisotopic (exact) mass is 410 g/mol. The summed E-state index contributed by atoms with van der Waals surface area (Å²) in [5, 5.41) is 0. The van der Waals surface area contributed by atoms with Crippen LogP contribution in [-0.2, 0) is 22.6 Å². The number of aromatic nitrogens is 1. The zero-order chi connectivity index (χ0) is 20.0. The molecule has 0 aliphatic rings. The van der Waals surface area contributed by atoms with Gasteiger partial charge in [0.1, 0.15) is 12.0 Å². The predicted octanol–water partition coefficient (Wildman–Crippen LogP) is 4.15. The van der Waals surface area contributed by atoms with Crippen molar-refractivity contribution in [3.8, 4) is 5.75 Å². The number of thiazole rings is 1. The van der Waals surface area contributed by atoms with E-state index in [-0.39, 0.29) is 6.42 Å². The number of rotatable bonds is 9. The van der Waals surface area contributed by atoms with Crippen molar-refractivity contribution in [2.75, 3.05) is 7.11 Å². The van der Waals surface area contributed by atoms with Gasteiger partial charge in [0, 0.05) is 24.2 Å². The number of amides is 1. The Morgan fingerprint density at radius 1 is 1.30 bits per heavy atom. The number of methoxy groups -OCH3 is 1. The van der Waals surface area contributed by atoms with Crippen molar-refractivity contribution in [3.05, 3.63) is 45.4 Å². The van der Waals surface area contributed by atoms with Crippen LogP contribution in [0.25, 0.3) is 0 Å². The van der Waals surface area contributed by atoms with Crippen molar-refractivity contribution in [3.63, 3.8) is 0 Å². The average molecular weight is 411 g/mol. The molecule has 1 atom stereocenters. The fraction of sp³-hybridized carbons (Fsp3) is 0.474. The maximum absolute atomic E-state index is 11.5. The quantitative estimate of drug-likeness (QED) is 0.580. The largest absolute Gasteiger partial charge is 0.497 e. The van der Waals surface area contributed by atoms with Gasteiger partial charge in [-0.2, -0.15) is 0 Å². The van der Waals surface area contributed by atoms with Gasteiger partial charge in [-0.1, -0.05) is 23.7 Å². The van der Waals surface area contributed by atoms with Crippen LogP contribution in [0.3, 0.4) is 0 Å². The zero-order valence-corrected chi connectivity index (χ0v) is 17.6. The molecule has 8 heteroatoms. The molecule has 0 saturated carbocycles. The lowest BCUT2D eigenvalue weighted by Gasteiger charge is -2.35. The lowest BCUT2D eigenvalue weighted by Crippen LogP contribution is -2.42. The lowest BCUT2D eigenvalue weighted by molar-refractivity contribution is -0.152. The van der Waals surface area contributed by atoms with E-state index in [0.29, 0.717) is 17.6 Å². The molecule has 0 spiro atoms. The number of hydrogen-bond donors (Lipinski definition) is 0. The number of halogens is 1. The Balaban J connectivity index is 2.27. The van der Waals surface area contributed by atoms with Crippen molar-refractivity contribution in [1.82, 2.24) is 15.6 Å². The minimum Gasteiger partial charge on any atom is -0.497 e. The molecule has 1 heterocycles. The first-order valence-corrected chi connectivity index (χ1v) is 9.75. The van der Waals surface area contributed by atoms with Crippen molar-refractivity contribution >= 4 is 28.8 Å². The molecule has 2 rings (SSSR count). The summed E-state index contributed by atoms with van der Waals surface area (Å²) in [6.45, 7) is 6.87. The van der Waals surface area contributed by atoms with Crippen LogP contribution >= 0.6 is 22.9 Å². The smallest absolute Gasteiger partial charge is 0.242 e. The first-order valence-electron chi connectivity index (χ1n) is 8.55. The third-order valence-corrected chi connectivity index (χ3v) is 4.79. The minimum absolute atomic E-state index is 0.0139. The summed E-state index contributed by atoms with van der Waals surface area (Å²) in [6, 6.07) is 7.74. The Labute approximate surface area is 169 Å². The van der Waals surface area contributed by atoms with Gasteiger partial charge in [0.25, 0.3) is 0 Å². The van der Waals surface area contributed by atoms with Gasteiger partial charge in [-0.3, -0.25) is 15.4 Å². The molecular formula is C19H25ClN3O3S. The normalized spacial score (nSPS) is 13.0. The molecule has 0 saturated heterocycles. The van der Waals surface area contributed by atoms with Crippen LogP contribution in [0.2, 0.25) is 4.47 Å². The van der Waals surface area contributed by atoms with Crippen LogP contribution < -0.4 is 10.5 Å². The van der Waals surface area contributed by atoms with Gasteiger partial charge in [-0.25, -0.2) is 4.98 Å². The highest BCUT2D eigenvalue weighted by Crippen LogP contribution is 2.25. The van der Waals surface area contributed by atoms with E-state index in [1.54, 1.807) is 13.3 Å². The van der Waals surface area contributed by atoms with E-state index in [1.807, 2.05) is 49.9 Å². The van der Waals surface area contributed by atoms with Crippen LogP contribution in [-0.4, -0.2) is 34.7 Å². The van der Waals surface area contributed by atoms with Gasteiger partial charge in [0.15, 0.2) is 4.47 Å². The Hall–Kier alpha value is -1.67. The van der Waals surface area contributed by atoms with Gasteiger partial charge < -0.3 is 9.47 Å². The Kier molecular flexibility index (Phi) is 7.61. The second-order valence-electron chi connectivity index (χ2n) is 7.14. The molecule has 27 heavy (non-hydrogen) atoms. The summed E-state index contributed by atoms with van der Waals surface area (Å²) in [7, 11) is 1.63. The van der Waals surface area contributed by atoms with Gasteiger partial charge in [0.2, 0.25) is 5.91 Å². The molecule has 6 nitrogen and oxygen atoms in total. The first-order chi connectivity index (χ1) is 12.7. The molecular weight excluding hydrogens is 386 g/mol. The van der Waals surface area contributed by atoms with E-state index >= 15 is 0 Å². The van der Waals surface area contributed by atoms with Gasteiger partial charge >= 0.3 is 0 Å². The molecule has 1 amide bonds. The van der Waals surface area contributed by atoms with E-state index in [9.17, 15) is 4.79 Å². The molecule has 1 N–H and O–H groups in total. The van der Waals surface area contributed by atoms with E-state index < -0.39 is 17.7 Å². The maximum atomic E-state index is 11.5. The lowest BCUT2D eigenvalue weighted by atomic mass is 10.1. The third-order valence-electron chi connectivity index (χ3n) is 3.69. The van der Waals surface area contributed by atoms with E-state index in [2.05, 4.69) is 4.98 Å². The number of carbonyl (C=O) groups excluding carboxylic acids is 1. The molecule has 1 unspecified atom stereocenters. The average Bonchev–Trinajstić information content (AvgIpc) is 2.97. The summed E-state index contributed by atoms with van der Waals surface area (Å²) in [6.07, 6.45) is 1.18. The highest BCUT2D eigenvalue weighted by Gasteiger charge is 2.27. The second-order valence-corrected chi connectivity index (χ2v) is 8.84.